The third-order valence-corrected chi connectivity index (χ3v) is 9.13. The first-order valence-corrected chi connectivity index (χ1v) is 16.3. The number of carbonyl (C=O) groups is 1. The molecule has 1 aromatic heterocycles. The van der Waals surface area contributed by atoms with E-state index in [0.717, 1.165) is 43.0 Å². The first-order valence-electron chi connectivity index (χ1n) is 16.3. The van der Waals surface area contributed by atoms with E-state index in [9.17, 15) is 9.90 Å². The van der Waals surface area contributed by atoms with Crippen molar-refractivity contribution in [3.05, 3.63) is 90.3 Å². The molecular formula is C41H46IrNO2-. The topological polar surface area (TPSA) is 50.2 Å². The maximum atomic E-state index is 11.7. The van der Waals surface area contributed by atoms with Crippen LogP contribution in [0.15, 0.2) is 78.7 Å². The van der Waals surface area contributed by atoms with Crippen LogP contribution >= 0.6 is 0 Å². The van der Waals surface area contributed by atoms with Crippen molar-refractivity contribution in [2.24, 2.45) is 17.3 Å². The molecule has 6 aromatic rings. The number of aliphatic hydroxyl groups is 1. The average molecular weight is 777 g/mol. The van der Waals surface area contributed by atoms with E-state index in [1.807, 2.05) is 33.9 Å². The van der Waals surface area contributed by atoms with Gasteiger partial charge in [0.05, 0.1) is 5.76 Å². The Kier molecular flexibility index (Phi) is 11.1. The number of pyridine rings is 1. The van der Waals surface area contributed by atoms with Crippen molar-refractivity contribution in [2.75, 3.05) is 0 Å². The van der Waals surface area contributed by atoms with Gasteiger partial charge < -0.3 is 5.11 Å². The molecule has 0 unspecified atom stereocenters. The third-order valence-electron chi connectivity index (χ3n) is 9.13. The molecule has 0 atom stereocenters. The van der Waals surface area contributed by atoms with Crippen LogP contribution in [-0.4, -0.2) is 15.9 Å². The van der Waals surface area contributed by atoms with Gasteiger partial charge in [0.1, 0.15) is 0 Å². The summed E-state index contributed by atoms with van der Waals surface area (Å²) in [4.78, 5) is 16.6. The first-order chi connectivity index (χ1) is 21.1. The van der Waals surface area contributed by atoms with Gasteiger partial charge in [0, 0.05) is 49.7 Å². The van der Waals surface area contributed by atoms with Crippen molar-refractivity contribution in [1.82, 2.24) is 4.98 Å². The smallest absolute Gasteiger partial charge is 0.162 e. The van der Waals surface area contributed by atoms with Crippen LogP contribution in [0.1, 0.15) is 79.7 Å². The zero-order valence-electron chi connectivity index (χ0n) is 27.8. The molecule has 0 fully saturated rings. The SMILES string of the molecule is CC(C)(C)Cc1c2ccccc2[c-]c2c3nccc4ccc5cccc(c12)c5c43.CCC(CC)C(=O)/C=C(\O)C(CC)CC.[Ir]. The molecular weight excluding hydrogens is 731 g/mol. The maximum Gasteiger partial charge on any atom is 0.162 e. The molecule has 0 aliphatic heterocycles. The summed E-state index contributed by atoms with van der Waals surface area (Å²) in [7, 11) is 0. The van der Waals surface area contributed by atoms with Crippen LogP contribution in [0.25, 0.3) is 54.0 Å². The minimum absolute atomic E-state index is 0. The second kappa shape index (κ2) is 14.4. The number of hydrogen-bond donors (Lipinski definition) is 1. The van der Waals surface area contributed by atoms with Gasteiger partial charge in [0.15, 0.2) is 5.78 Å². The fraction of sp³-hybridized carbons (Fsp3) is 0.366. The molecule has 1 N–H and O–H groups in total. The van der Waals surface area contributed by atoms with Crippen molar-refractivity contribution in [3.63, 3.8) is 0 Å². The molecule has 6 rings (SSSR count). The minimum atomic E-state index is 0. The predicted octanol–water partition coefficient (Wildman–Crippen LogP) is 11.5. The normalized spacial score (nSPS) is 12.4. The molecule has 0 amide bonds. The van der Waals surface area contributed by atoms with Crippen LogP contribution < -0.4 is 0 Å². The average Bonchev–Trinajstić information content (AvgIpc) is 3.01. The van der Waals surface area contributed by atoms with Crippen LogP contribution in [0, 0.1) is 23.3 Å². The second-order valence-electron chi connectivity index (χ2n) is 13.4. The number of ketones is 1. The van der Waals surface area contributed by atoms with Crippen molar-refractivity contribution < 1.29 is 30.0 Å². The Bertz CT molecular complexity index is 1960. The molecule has 0 bridgehead atoms. The zero-order chi connectivity index (χ0) is 31.6. The molecule has 45 heavy (non-hydrogen) atoms. The van der Waals surface area contributed by atoms with Crippen LogP contribution in [0.3, 0.4) is 0 Å². The van der Waals surface area contributed by atoms with Gasteiger partial charge in [-0.3, -0.25) is 9.78 Å². The number of allylic oxidation sites excluding steroid dienone is 2. The number of fused-ring (bicyclic) bond motifs is 4. The molecule has 3 nitrogen and oxygen atoms in total. The summed E-state index contributed by atoms with van der Waals surface area (Å²) in [5, 5.41) is 21.2. The maximum absolute atomic E-state index is 11.7. The van der Waals surface area contributed by atoms with Crippen LogP contribution in [0.5, 0.6) is 0 Å². The largest absolute Gasteiger partial charge is 0.512 e. The summed E-state index contributed by atoms with van der Waals surface area (Å²) < 4.78 is 0. The first kappa shape index (κ1) is 34.5. The molecule has 1 radical (unpaired) electrons. The van der Waals surface area contributed by atoms with E-state index in [1.165, 1.54) is 54.7 Å². The van der Waals surface area contributed by atoms with Gasteiger partial charge in [-0.1, -0.05) is 119 Å². The Morgan fingerprint density at radius 2 is 1.42 bits per heavy atom. The van der Waals surface area contributed by atoms with Gasteiger partial charge in [-0.2, -0.15) is 0 Å². The van der Waals surface area contributed by atoms with Crippen molar-refractivity contribution >= 4 is 59.8 Å². The van der Waals surface area contributed by atoms with Crippen molar-refractivity contribution in [2.45, 2.75) is 80.6 Å². The van der Waals surface area contributed by atoms with E-state index >= 15 is 0 Å². The molecule has 1 heterocycles. The van der Waals surface area contributed by atoms with E-state index in [2.05, 4.69) is 87.5 Å². The molecule has 4 heteroatoms. The Balaban J connectivity index is 0.000000249. The van der Waals surface area contributed by atoms with Crippen molar-refractivity contribution in [3.8, 4) is 0 Å². The van der Waals surface area contributed by atoms with Gasteiger partial charge in [0.2, 0.25) is 0 Å². The quantitative estimate of drug-likeness (QED) is 0.0551. The van der Waals surface area contributed by atoms with E-state index in [-0.39, 0.29) is 48.9 Å². The van der Waals surface area contributed by atoms with Gasteiger partial charge in [0.25, 0.3) is 0 Å². The second-order valence-corrected chi connectivity index (χ2v) is 13.4. The number of carbonyl (C=O) groups excluding carboxylic acids is 1. The summed E-state index contributed by atoms with van der Waals surface area (Å²) in [6.45, 7) is 15.0. The number of aliphatic hydroxyl groups excluding tert-OH is 1. The van der Waals surface area contributed by atoms with Gasteiger partial charge in [-0.05, 0) is 70.5 Å². The molecule has 0 aliphatic carbocycles. The summed E-state index contributed by atoms with van der Waals surface area (Å²) in [6, 6.07) is 25.7. The Morgan fingerprint density at radius 3 is 2.07 bits per heavy atom. The summed E-state index contributed by atoms with van der Waals surface area (Å²) in [5.74, 6) is 0.547. The Labute approximate surface area is 281 Å². The number of nitrogens with zero attached hydrogens (tertiary/aromatic N) is 1. The number of benzene rings is 5. The fourth-order valence-corrected chi connectivity index (χ4v) is 6.75. The molecule has 0 aliphatic rings. The molecule has 0 saturated heterocycles. The number of aromatic nitrogens is 1. The minimum Gasteiger partial charge on any atom is -0.512 e. The van der Waals surface area contributed by atoms with Gasteiger partial charge in [-0.25, -0.2) is 0 Å². The Hall–Kier alpha value is -3.33. The predicted molar refractivity (Wildman–Crippen MR) is 189 cm³/mol. The van der Waals surface area contributed by atoms with E-state index in [0.29, 0.717) is 0 Å². The Morgan fingerprint density at radius 1 is 0.800 bits per heavy atom. The number of hydrogen-bond acceptors (Lipinski definition) is 3. The summed E-state index contributed by atoms with van der Waals surface area (Å²) in [6.07, 6.45) is 7.86. The summed E-state index contributed by atoms with van der Waals surface area (Å²) >= 11 is 0. The van der Waals surface area contributed by atoms with E-state index in [4.69, 9.17) is 4.98 Å². The van der Waals surface area contributed by atoms with Crippen LogP contribution in [-0.2, 0) is 31.3 Å². The molecule has 237 valence electrons. The fourth-order valence-electron chi connectivity index (χ4n) is 6.75. The molecule has 5 aromatic carbocycles. The van der Waals surface area contributed by atoms with Crippen LogP contribution in [0.4, 0.5) is 0 Å². The summed E-state index contributed by atoms with van der Waals surface area (Å²) in [5.41, 5.74) is 2.67. The van der Waals surface area contributed by atoms with E-state index in [1.54, 1.807) is 0 Å². The standard InChI is InChI=1S/C28H22N.C13H24O2.Ir/c1-28(2,3)16-23-20-9-5-4-7-19(20)15-22-26(23)21-10-6-8-17-11-12-18-13-14-29-27(22)25(18)24(17)21;1-5-10(6-2)12(14)9-13(15)11(7-3)8-4;/h4-14H,16H2,1-3H3;9-11,14H,5-8H2,1-4H3;/q-1;;/b;12-9-;. The van der Waals surface area contributed by atoms with Gasteiger partial charge >= 0.3 is 0 Å². The molecule has 0 saturated carbocycles. The number of rotatable bonds is 8. The van der Waals surface area contributed by atoms with Crippen LogP contribution in [0.2, 0.25) is 0 Å². The third kappa shape index (κ3) is 6.93. The zero-order valence-corrected chi connectivity index (χ0v) is 30.1. The van der Waals surface area contributed by atoms with Gasteiger partial charge in [-0.15, -0.1) is 17.5 Å². The molecule has 0 spiro atoms. The van der Waals surface area contributed by atoms with Crippen molar-refractivity contribution in [1.29, 1.82) is 0 Å². The monoisotopic (exact) mass is 777 g/mol. The van der Waals surface area contributed by atoms with E-state index < -0.39 is 0 Å².